The molecule has 8 heteroatoms. The van der Waals surface area contributed by atoms with E-state index >= 15 is 0 Å². The van der Waals surface area contributed by atoms with Crippen LogP contribution >= 0.6 is 0 Å². The summed E-state index contributed by atoms with van der Waals surface area (Å²) in [5.41, 5.74) is -5.61. The minimum absolute atomic E-state index is 0.207. The van der Waals surface area contributed by atoms with Crippen LogP contribution in [-0.2, 0) is 4.74 Å². The Morgan fingerprint density at radius 2 is 1.71 bits per heavy atom. The van der Waals surface area contributed by atoms with E-state index in [0.29, 0.717) is 5.58 Å². The number of aliphatic hydroxyl groups is 4. The highest BCUT2D eigenvalue weighted by Gasteiger charge is 2.71. The molecule has 0 bridgehead atoms. The van der Waals surface area contributed by atoms with Gasteiger partial charge >= 0.3 is 5.63 Å². The summed E-state index contributed by atoms with van der Waals surface area (Å²) in [4.78, 5) is 11.6. The van der Waals surface area contributed by atoms with E-state index in [1.54, 1.807) is 19.1 Å². The van der Waals surface area contributed by atoms with Gasteiger partial charge in [-0.1, -0.05) is 0 Å². The highest BCUT2D eigenvalue weighted by atomic mass is 16.7. The molecule has 1 saturated heterocycles. The van der Waals surface area contributed by atoms with Gasteiger partial charge in [-0.25, -0.2) is 4.79 Å². The number of hydrogen-bond acceptors (Lipinski definition) is 8. The average molecular weight is 394 g/mol. The van der Waals surface area contributed by atoms with E-state index in [2.05, 4.69) is 0 Å². The highest BCUT2D eigenvalue weighted by Crippen LogP contribution is 2.49. The van der Waals surface area contributed by atoms with Crippen molar-refractivity contribution in [1.29, 1.82) is 0 Å². The SMILES string of the molecule is Cc1cc(=O)oc2cc(O[C@]3(C)O[C@H](CO)[C@](C)(O)[C@](C)(O)[C@]3(C)O)ccc12. The Kier molecular flexibility index (Phi) is 4.64. The van der Waals surface area contributed by atoms with Crippen LogP contribution in [0, 0.1) is 6.92 Å². The summed E-state index contributed by atoms with van der Waals surface area (Å²) in [6.45, 7) is 6.37. The predicted molar refractivity (Wildman–Crippen MR) is 100 cm³/mol. The average Bonchev–Trinajstić information content (AvgIpc) is 2.57. The number of ether oxygens (including phenoxy) is 2. The zero-order valence-electron chi connectivity index (χ0n) is 16.5. The first-order chi connectivity index (χ1) is 12.8. The van der Waals surface area contributed by atoms with Crippen molar-refractivity contribution in [2.75, 3.05) is 6.61 Å². The molecule has 2 aromatic rings. The van der Waals surface area contributed by atoms with E-state index in [4.69, 9.17) is 13.9 Å². The molecule has 5 atom stereocenters. The van der Waals surface area contributed by atoms with Gasteiger partial charge in [0.05, 0.1) is 6.61 Å². The molecule has 0 aliphatic carbocycles. The van der Waals surface area contributed by atoms with Crippen LogP contribution in [0.3, 0.4) is 0 Å². The maximum absolute atomic E-state index is 11.6. The quantitative estimate of drug-likeness (QED) is 0.564. The second kappa shape index (κ2) is 6.27. The van der Waals surface area contributed by atoms with Crippen LogP contribution in [0.25, 0.3) is 11.0 Å². The molecule has 0 unspecified atom stereocenters. The standard InChI is InChI=1S/C20H26O8/c1-11-8-16(22)26-14-9-12(6-7-13(11)14)27-20(5)19(4,25)18(3,24)17(2,23)15(10-21)28-20/h6-9,15,21,23-25H,10H2,1-5H3/t15-,17+,18+,19+,20-/m1/s1. The lowest BCUT2D eigenvalue weighted by molar-refractivity contribution is -0.415. The summed E-state index contributed by atoms with van der Waals surface area (Å²) in [7, 11) is 0. The fourth-order valence-corrected chi connectivity index (χ4v) is 3.68. The number of rotatable bonds is 3. The normalized spacial score (nSPS) is 38.5. The number of benzene rings is 1. The zero-order valence-corrected chi connectivity index (χ0v) is 16.5. The Bertz CT molecular complexity index is 958. The summed E-state index contributed by atoms with van der Waals surface area (Å²) in [6.07, 6.45) is -1.23. The van der Waals surface area contributed by atoms with Gasteiger partial charge in [-0.15, -0.1) is 0 Å². The Morgan fingerprint density at radius 1 is 1.07 bits per heavy atom. The molecule has 1 aliphatic rings. The molecule has 1 aliphatic heterocycles. The predicted octanol–water partition coefficient (Wildman–Crippen LogP) is 0.841. The van der Waals surface area contributed by atoms with Gasteiger partial charge in [0.15, 0.2) is 5.60 Å². The third kappa shape index (κ3) is 2.75. The fourth-order valence-electron chi connectivity index (χ4n) is 3.68. The molecule has 154 valence electrons. The van der Waals surface area contributed by atoms with Gasteiger partial charge in [0.25, 0.3) is 0 Å². The van der Waals surface area contributed by atoms with Crippen LogP contribution in [0.4, 0.5) is 0 Å². The molecule has 0 spiro atoms. The van der Waals surface area contributed by atoms with Crippen LogP contribution in [0.2, 0.25) is 0 Å². The van der Waals surface area contributed by atoms with Crippen molar-refractivity contribution in [2.24, 2.45) is 0 Å². The van der Waals surface area contributed by atoms with E-state index in [0.717, 1.165) is 10.9 Å². The van der Waals surface area contributed by atoms with Crippen LogP contribution in [0.5, 0.6) is 5.75 Å². The highest BCUT2D eigenvalue weighted by molar-refractivity contribution is 5.81. The van der Waals surface area contributed by atoms with Crippen molar-refractivity contribution in [3.63, 3.8) is 0 Å². The van der Waals surface area contributed by atoms with Crippen molar-refractivity contribution in [3.8, 4) is 5.75 Å². The first kappa shape index (κ1) is 20.8. The molecule has 1 aromatic carbocycles. The summed E-state index contributed by atoms with van der Waals surface area (Å²) in [5.74, 6) is -1.64. The third-order valence-electron chi connectivity index (χ3n) is 6.21. The molecule has 3 rings (SSSR count). The van der Waals surface area contributed by atoms with Gasteiger partial charge in [0, 0.05) is 24.4 Å². The maximum atomic E-state index is 11.6. The Labute approximate surface area is 161 Å². The van der Waals surface area contributed by atoms with Crippen molar-refractivity contribution in [2.45, 2.75) is 63.3 Å². The van der Waals surface area contributed by atoms with Crippen LogP contribution in [0.15, 0.2) is 33.5 Å². The smallest absolute Gasteiger partial charge is 0.336 e. The Morgan fingerprint density at radius 3 is 2.32 bits per heavy atom. The van der Waals surface area contributed by atoms with E-state index in [9.17, 15) is 25.2 Å². The topological polar surface area (TPSA) is 130 Å². The lowest BCUT2D eigenvalue weighted by Gasteiger charge is -2.61. The molecule has 0 saturated carbocycles. The van der Waals surface area contributed by atoms with Crippen LogP contribution < -0.4 is 10.4 Å². The second-order valence-electron chi connectivity index (χ2n) is 8.04. The third-order valence-corrected chi connectivity index (χ3v) is 6.21. The summed E-state index contributed by atoms with van der Waals surface area (Å²) in [5, 5.41) is 43.1. The van der Waals surface area contributed by atoms with E-state index < -0.39 is 40.9 Å². The lowest BCUT2D eigenvalue weighted by atomic mass is 9.65. The largest absolute Gasteiger partial charge is 0.459 e. The number of fused-ring (bicyclic) bond motifs is 1. The maximum Gasteiger partial charge on any atom is 0.336 e. The molecule has 2 heterocycles. The van der Waals surface area contributed by atoms with Gasteiger partial charge in [-0.05, 0) is 45.4 Å². The van der Waals surface area contributed by atoms with Gasteiger partial charge in [0.2, 0.25) is 5.79 Å². The first-order valence-electron chi connectivity index (χ1n) is 8.96. The summed E-state index contributed by atoms with van der Waals surface area (Å²) in [6, 6.07) is 6.16. The lowest BCUT2D eigenvalue weighted by Crippen LogP contribution is -2.82. The second-order valence-corrected chi connectivity index (χ2v) is 8.04. The Balaban J connectivity index is 2.07. The molecule has 1 fully saturated rings. The van der Waals surface area contributed by atoms with Gasteiger partial charge in [-0.3, -0.25) is 0 Å². The van der Waals surface area contributed by atoms with Crippen molar-refractivity contribution < 1.29 is 34.3 Å². The van der Waals surface area contributed by atoms with Crippen molar-refractivity contribution in [1.82, 2.24) is 0 Å². The van der Waals surface area contributed by atoms with Crippen LogP contribution in [-0.4, -0.2) is 55.7 Å². The molecule has 28 heavy (non-hydrogen) atoms. The summed E-state index contributed by atoms with van der Waals surface area (Å²) < 4.78 is 16.8. The summed E-state index contributed by atoms with van der Waals surface area (Å²) >= 11 is 0. The van der Waals surface area contributed by atoms with E-state index in [1.165, 1.54) is 39.8 Å². The van der Waals surface area contributed by atoms with E-state index in [-0.39, 0.29) is 5.75 Å². The first-order valence-corrected chi connectivity index (χ1v) is 8.96. The molecule has 0 radical (unpaired) electrons. The number of aliphatic hydroxyl groups excluding tert-OH is 1. The monoisotopic (exact) mass is 394 g/mol. The van der Waals surface area contributed by atoms with Crippen molar-refractivity contribution in [3.05, 3.63) is 40.2 Å². The minimum atomic E-state index is -2.10. The van der Waals surface area contributed by atoms with Gasteiger partial charge < -0.3 is 34.3 Å². The Hall–Kier alpha value is -1.97. The molecule has 4 N–H and O–H groups in total. The van der Waals surface area contributed by atoms with Gasteiger partial charge in [-0.2, -0.15) is 0 Å². The van der Waals surface area contributed by atoms with E-state index in [1.807, 2.05) is 0 Å². The molecule has 8 nitrogen and oxygen atoms in total. The molecule has 1 aromatic heterocycles. The molecule has 0 amide bonds. The molecular weight excluding hydrogens is 368 g/mol. The minimum Gasteiger partial charge on any atom is -0.459 e. The number of aryl methyl sites for hydroxylation is 1. The zero-order chi connectivity index (χ0) is 21.1. The van der Waals surface area contributed by atoms with Gasteiger partial charge in [0.1, 0.15) is 28.6 Å². The van der Waals surface area contributed by atoms with Crippen LogP contribution in [0.1, 0.15) is 33.3 Å². The molecular formula is C20H26O8. The van der Waals surface area contributed by atoms with Crippen molar-refractivity contribution >= 4 is 11.0 Å². The fraction of sp³-hybridized carbons (Fsp3) is 0.550. The number of hydrogen-bond donors (Lipinski definition) is 4.